The standard InChI is InChI=1S/C20H26N4O2/c1-26-17-6-4-15(5-7-17)20(8-2-3-9-20)14-22-19(25)18-12-16-13-21-10-11-24(16)23-18/h4-7,12,21H,2-3,8-11,13-14H2,1H3,(H,22,25). The largest absolute Gasteiger partial charge is 0.497 e. The van der Waals surface area contributed by atoms with Crippen molar-refractivity contribution in [2.45, 2.75) is 44.2 Å². The minimum absolute atomic E-state index is 0.0167. The van der Waals surface area contributed by atoms with Crippen LogP contribution < -0.4 is 15.4 Å². The number of amides is 1. The van der Waals surface area contributed by atoms with E-state index in [9.17, 15) is 4.79 Å². The first-order valence-electron chi connectivity index (χ1n) is 9.40. The molecule has 0 bridgehead atoms. The number of rotatable bonds is 5. The fourth-order valence-corrected chi connectivity index (χ4v) is 4.21. The maximum Gasteiger partial charge on any atom is 0.271 e. The van der Waals surface area contributed by atoms with Crippen molar-refractivity contribution in [2.75, 3.05) is 20.2 Å². The normalized spacial score (nSPS) is 18.3. The van der Waals surface area contributed by atoms with Gasteiger partial charge in [0.25, 0.3) is 5.91 Å². The van der Waals surface area contributed by atoms with Crippen LogP contribution in [0.5, 0.6) is 5.75 Å². The lowest BCUT2D eigenvalue weighted by Gasteiger charge is -2.30. The molecule has 26 heavy (non-hydrogen) atoms. The van der Waals surface area contributed by atoms with Gasteiger partial charge in [-0.15, -0.1) is 0 Å². The van der Waals surface area contributed by atoms with E-state index in [1.54, 1.807) is 7.11 Å². The Morgan fingerprint density at radius 1 is 1.31 bits per heavy atom. The van der Waals surface area contributed by atoms with E-state index >= 15 is 0 Å². The van der Waals surface area contributed by atoms with E-state index in [1.165, 1.54) is 18.4 Å². The quantitative estimate of drug-likeness (QED) is 0.864. The predicted molar refractivity (Wildman–Crippen MR) is 99.4 cm³/mol. The number of hydrogen-bond acceptors (Lipinski definition) is 4. The first-order valence-corrected chi connectivity index (χ1v) is 9.40. The van der Waals surface area contributed by atoms with Crippen molar-refractivity contribution in [1.82, 2.24) is 20.4 Å². The van der Waals surface area contributed by atoms with Gasteiger partial charge < -0.3 is 15.4 Å². The molecule has 6 heteroatoms. The molecular formula is C20H26N4O2. The highest BCUT2D eigenvalue weighted by atomic mass is 16.5. The Morgan fingerprint density at radius 2 is 2.08 bits per heavy atom. The zero-order chi connectivity index (χ0) is 18.0. The lowest BCUT2D eigenvalue weighted by Crippen LogP contribution is -2.39. The van der Waals surface area contributed by atoms with Crippen LogP contribution in [0.15, 0.2) is 30.3 Å². The summed E-state index contributed by atoms with van der Waals surface area (Å²) in [4.78, 5) is 12.7. The van der Waals surface area contributed by atoms with Crippen LogP contribution >= 0.6 is 0 Å². The first-order chi connectivity index (χ1) is 12.7. The molecule has 2 N–H and O–H groups in total. The molecular weight excluding hydrogens is 328 g/mol. The third-order valence-electron chi connectivity index (χ3n) is 5.75. The molecule has 6 nitrogen and oxygen atoms in total. The maximum atomic E-state index is 12.7. The topological polar surface area (TPSA) is 68.2 Å². The van der Waals surface area contributed by atoms with E-state index in [1.807, 2.05) is 22.9 Å². The second-order valence-corrected chi connectivity index (χ2v) is 7.32. The molecule has 0 radical (unpaired) electrons. The number of ether oxygens (including phenoxy) is 1. The van der Waals surface area contributed by atoms with Crippen LogP contribution in [0.25, 0.3) is 0 Å². The fraction of sp³-hybridized carbons (Fsp3) is 0.500. The molecule has 1 amide bonds. The SMILES string of the molecule is COc1ccc(C2(CNC(=O)c3cc4n(n3)CCNC4)CCCC2)cc1. The average Bonchev–Trinajstić information content (AvgIpc) is 3.34. The number of nitrogens with zero attached hydrogens (tertiary/aromatic N) is 2. The van der Waals surface area contributed by atoms with Gasteiger partial charge >= 0.3 is 0 Å². The molecule has 1 aromatic heterocycles. The van der Waals surface area contributed by atoms with Crippen LogP contribution in [-0.4, -0.2) is 35.9 Å². The van der Waals surface area contributed by atoms with Crippen LogP contribution in [-0.2, 0) is 18.5 Å². The molecule has 1 aromatic carbocycles. The Hall–Kier alpha value is -2.34. The summed E-state index contributed by atoms with van der Waals surface area (Å²) in [7, 11) is 1.68. The summed E-state index contributed by atoms with van der Waals surface area (Å²) in [5.41, 5.74) is 2.89. The van der Waals surface area contributed by atoms with Gasteiger partial charge in [-0.3, -0.25) is 9.48 Å². The van der Waals surface area contributed by atoms with Crippen molar-refractivity contribution in [3.8, 4) is 5.75 Å². The van der Waals surface area contributed by atoms with Crippen molar-refractivity contribution >= 4 is 5.91 Å². The first kappa shape index (κ1) is 17.1. The van der Waals surface area contributed by atoms with Gasteiger partial charge in [-0.05, 0) is 36.6 Å². The molecule has 4 rings (SSSR count). The average molecular weight is 354 g/mol. The lowest BCUT2D eigenvalue weighted by atomic mass is 9.78. The third kappa shape index (κ3) is 3.21. The molecule has 1 aliphatic carbocycles. The Bertz CT molecular complexity index is 752. The molecule has 1 saturated carbocycles. The molecule has 2 heterocycles. The Morgan fingerprint density at radius 3 is 2.77 bits per heavy atom. The van der Waals surface area contributed by atoms with Gasteiger partial charge in [-0.25, -0.2) is 0 Å². The van der Waals surface area contributed by atoms with Crippen LogP contribution in [0, 0.1) is 0 Å². The molecule has 1 aliphatic heterocycles. The minimum atomic E-state index is -0.0771. The third-order valence-corrected chi connectivity index (χ3v) is 5.75. The Labute approximate surface area is 153 Å². The zero-order valence-electron chi connectivity index (χ0n) is 15.3. The van der Waals surface area contributed by atoms with Crippen LogP contribution in [0.3, 0.4) is 0 Å². The highest BCUT2D eigenvalue weighted by Crippen LogP contribution is 2.41. The summed E-state index contributed by atoms with van der Waals surface area (Å²) < 4.78 is 7.21. The molecule has 138 valence electrons. The van der Waals surface area contributed by atoms with E-state index in [0.717, 1.165) is 43.9 Å². The monoisotopic (exact) mass is 354 g/mol. The smallest absolute Gasteiger partial charge is 0.271 e. The number of carbonyl (C=O) groups excluding carboxylic acids is 1. The van der Waals surface area contributed by atoms with Gasteiger partial charge in [0.2, 0.25) is 0 Å². The van der Waals surface area contributed by atoms with Gasteiger partial charge in [0.05, 0.1) is 19.3 Å². The minimum Gasteiger partial charge on any atom is -0.497 e. The summed E-state index contributed by atoms with van der Waals surface area (Å²) in [6.07, 6.45) is 4.60. The van der Waals surface area contributed by atoms with Crippen molar-refractivity contribution in [3.63, 3.8) is 0 Å². The number of benzene rings is 1. The van der Waals surface area contributed by atoms with E-state index in [0.29, 0.717) is 12.2 Å². The van der Waals surface area contributed by atoms with Gasteiger partial charge in [0.15, 0.2) is 0 Å². The number of nitrogens with one attached hydrogen (secondary N) is 2. The molecule has 2 aliphatic rings. The van der Waals surface area contributed by atoms with Gasteiger partial charge in [-0.1, -0.05) is 25.0 Å². The summed E-state index contributed by atoms with van der Waals surface area (Å²) in [5.74, 6) is 0.787. The second kappa shape index (κ2) is 7.11. The summed E-state index contributed by atoms with van der Waals surface area (Å²) >= 11 is 0. The molecule has 0 unspecified atom stereocenters. The van der Waals surface area contributed by atoms with Crippen LogP contribution in [0.1, 0.15) is 47.4 Å². The highest BCUT2D eigenvalue weighted by Gasteiger charge is 2.36. The second-order valence-electron chi connectivity index (χ2n) is 7.32. The summed E-state index contributed by atoms with van der Waals surface area (Å²) in [5, 5.41) is 10.9. The molecule has 2 aromatic rings. The van der Waals surface area contributed by atoms with Gasteiger partial charge in [0, 0.05) is 25.0 Å². The van der Waals surface area contributed by atoms with E-state index in [-0.39, 0.29) is 11.3 Å². The fourth-order valence-electron chi connectivity index (χ4n) is 4.21. The number of fused-ring (bicyclic) bond motifs is 1. The summed E-state index contributed by atoms with van der Waals surface area (Å²) in [6, 6.07) is 10.2. The van der Waals surface area contributed by atoms with Gasteiger partial charge in [0.1, 0.15) is 11.4 Å². The van der Waals surface area contributed by atoms with Crippen molar-refractivity contribution in [3.05, 3.63) is 47.3 Å². The molecule has 0 saturated heterocycles. The number of carbonyl (C=O) groups is 1. The summed E-state index contributed by atoms with van der Waals surface area (Å²) in [6.45, 7) is 3.14. The molecule has 0 spiro atoms. The van der Waals surface area contributed by atoms with E-state index < -0.39 is 0 Å². The predicted octanol–water partition coefficient (Wildman–Crippen LogP) is 2.24. The molecule has 1 fully saturated rings. The van der Waals surface area contributed by atoms with Crippen molar-refractivity contribution < 1.29 is 9.53 Å². The zero-order valence-corrected chi connectivity index (χ0v) is 15.3. The molecule has 0 atom stereocenters. The van der Waals surface area contributed by atoms with Crippen LogP contribution in [0.4, 0.5) is 0 Å². The maximum absolute atomic E-state index is 12.7. The number of hydrogen-bond donors (Lipinski definition) is 2. The van der Waals surface area contributed by atoms with E-state index in [4.69, 9.17) is 4.74 Å². The van der Waals surface area contributed by atoms with Crippen LogP contribution in [0.2, 0.25) is 0 Å². The number of methoxy groups -OCH3 is 1. The van der Waals surface area contributed by atoms with Crippen molar-refractivity contribution in [2.24, 2.45) is 0 Å². The highest BCUT2D eigenvalue weighted by molar-refractivity contribution is 5.92. The lowest BCUT2D eigenvalue weighted by molar-refractivity contribution is 0.0937. The Kier molecular flexibility index (Phi) is 4.68. The number of aromatic nitrogens is 2. The van der Waals surface area contributed by atoms with E-state index in [2.05, 4.69) is 27.9 Å². The van der Waals surface area contributed by atoms with Gasteiger partial charge in [-0.2, -0.15) is 5.10 Å². The Balaban J connectivity index is 1.48. The van der Waals surface area contributed by atoms with Crippen molar-refractivity contribution in [1.29, 1.82) is 0 Å².